The summed E-state index contributed by atoms with van der Waals surface area (Å²) in [4.78, 5) is 29.5. The highest BCUT2D eigenvalue weighted by molar-refractivity contribution is 7.99. The van der Waals surface area contributed by atoms with E-state index >= 15 is 0 Å². The van der Waals surface area contributed by atoms with Crippen molar-refractivity contribution in [3.63, 3.8) is 0 Å². The van der Waals surface area contributed by atoms with Gasteiger partial charge in [-0.2, -0.15) is 0 Å². The molecule has 0 spiro atoms. The minimum absolute atomic E-state index is 0.0783. The van der Waals surface area contributed by atoms with E-state index in [4.69, 9.17) is 4.74 Å². The zero-order valence-electron chi connectivity index (χ0n) is 15.2. The second kappa shape index (κ2) is 9.28. The Kier molecular flexibility index (Phi) is 6.55. The summed E-state index contributed by atoms with van der Waals surface area (Å²) >= 11 is 1.38. The first-order valence-corrected chi connectivity index (χ1v) is 9.49. The number of ether oxygens (including phenoxy) is 1. The molecule has 0 amide bonds. The van der Waals surface area contributed by atoms with Gasteiger partial charge in [0.2, 0.25) is 0 Å². The summed E-state index contributed by atoms with van der Waals surface area (Å²) in [5, 5.41) is -0.306. The van der Waals surface area contributed by atoms with E-state index in [1.54, 1.807) is 42.6 Å². The number of rotatable bonds is 7. The van der Waals surface area contributed by atoms with Gasteiger partial charge in [0.05, 0.1) is 12.7 Å². The van der Waals surface area contributed by atoms with Gasteiger partial charge in [-0.1, -0.05) is 24.3 Å². The molecule has 0 aliphatic carbocycles. The third kappa shape index (κ3) is 4.84. The molecule has 1 heterocycles. The highest BCUT2D eigenvalue weighted by atomic mass is 32.2. The fourth-order valence-corrected chi connectivity index (χ4v) is 3.99. The molecule has 0 aliphatic heterocycles. The second-order valence-electron chi connectivity index (χ2n) is 6.01. The van der Waals surface area contributed by atoms with Crippen LogP contribution in [0.5, 0.6) is 0 Å². The number of aromatic nitrogens is 1. The molecular formula is C22H18FNO3S. The minimum atomic E-state index is -0.445. The van der Waals surface area contributed by atoms with Gasteiger partial charge in [-0.05, 0) is 42.0 Å². The highest BCUT2D eigenvalue weighted by Gasteiger charge is 2.22. The van der Waals surface area contributed by atoms with E-state index in [0.717, 1.165) is 5.56 Å². The van der Waals surface area contributed by atoms with Crippen molar-refractivity contribution < 1.29 is 18.7 Å². The maximum absolute atomic E-state index is 13.4. The second-order valence-corrected chi connectivity index (χ2v) is 7.26. The van der Waals surface area contributed by atoms with Gasteiger partial charge < -0.3 is 4.74 Å². The predicted molar refractivity (Wildman–Crippen MR) is 106 cm³/mol. The fraction of sp³-hybridized carbons (Fsp3) is 0.136. The predicted octanol–water partition coefficient (Wildman–Crippen LogP) is 5.11. The maximum Gasteiger partial charge on any atom is 0.338 e. The number of halogens is 1. The Morgan fingerprint density at radius 1 is 1.07 bits per heavy atom. The van der Waals surface area contributed by atoms with Crippen molar-refractivity contribution in [2.24, 2.45) is 0 Å². The van der Waals surface area contributed by atoms with Crippen LogP contribution in [0.15, 0.2) is 78.0 Å². The zero-order chi connectivity index (χ0) is 19.9. The van der Waals surface area contributed by atoms with Gasteiger partial charge in [0.15, 0.2) is 5.78 Å². The number of carbonyl (C=O) groups is 2. The lowest BCUT2D eigenvalue weighted by Gasteiger charge is -2.18. The van der Waals surface area contributed by atoms with Crippen LogP contribution < -0.4 is 0 Å². The number of ketones is 1. The van der Waals surface area contributed by atoms with E-state index in [0.29, 0.717) is 16.0 Å². The molecule has 3 aromatic rings. The van der Waals surface area contributed by atoms with Crippen molar-refractivity contribution in [1.29, 1.82) is 0 Å². The zero-order valence-corrected chi connectivity index (χ0v) is 16.0. The monoisotopic (exact) mass is 395 g/mol. The molecule has 0 unspecified atom stereocenters. The molecule has 1 atom stereocenters. The number of thioether (sulfide) groups is 1. The van der Waals surface area contributed by atoms with E-state index < -0.39 is 5.97 Å². The fourth-order valence-electron chi connectivity index (χ4n) is 2.72. The number of esters is 1. The molecule has 4 nitrogen and oxygen atoms in total. The Morgan fingerprint density at radius 3 is 2.50 bits per heavy atom. The third-order valence-electron chi connectivity index (χ3n) is 4.16. The van der Waals surface area contributed by atoms with Crippen LogP contribution in [0.25, 0.3) is 0 Å². The van der Waals surface area contributed by atoms with Crippen molar-refractivity contribution in [3.8, 4) is 0 Å². The average Bonchev–Trinajstić information content (AvgIpc) is 2.74. The van der Waals surface area contributed by atoms with Gasteiger partial charge in [-0.25, -0.2) is 9.18 Å². The summed E-state index contributed by atoms with van der Waals surface area (Å²) in [6, 6.07) is 16.5. The number of hydrogen-bond acceptors (Lipinski definition) is 5. The quantitative estimate of drug-likeness (QED) is 0.316. The van der Waals surface area contributed by atoms with Crippen LogP contribution >= 0.6 is 11.8 Å². The van der Waals surface area contributed by atoms with Gasteiger partial charge in [0.25, 0.3) is 0 Å². The first kappa shape index (κ1) is 19.8. The summed E-state index contributed by atoms with van der Waals surface area (Å²) in [6.07, 6.45) is 3.31. The van der Waals surface area contributed by atoms with E-state index in [1.165, 1.54) is 37.2 Å². The molecule has 0 saturated carbocycles. The smallest absolute Gasteiger partial charge is 0.338 e. The van der Waals surface area contributed by atoms with Gasteiger partial charge in [0.1, 0.15) is 5.82 Å². The van der Waals surface area contributed by atoms with Crippen molar-refractivity contribution in [2.75, 3.05) is 7.11 Å². The Hall–Kier alpha value is -2.99. The highest BCUT2D eigenvalue weighted by Crippen LogP contribution is 2.40. The number of Topliss-reactive ketones (excluding diaryl/α,β-unsaturated/α-hetero) is 1. The molecular weight excluding hydrogens is 377 g/mol. The maximum atomic E-state index is 13.4. The lowest BCUT2D eigenvalue weighted by atomic mass is 10.0. The molecule has 0 fully saturated rings. The van der Waals surface area contributed by atoms with Crippen molar-refractivity contribution in [3.05, 3.63) is 95.6 Å². The first-order valence-electron chi connectivity index (χ1n) is 8.61. The Balaban J connectivity index is 1.92. The topological polar surface area (TPSA) is 56.3 Å². The normalized spacial score (nSPS) is 11.6. The van der Waals surface area contributed by atoms with E-state index in [9.17, 15) is 14.0 Å². The SMILES string of the molecule is COC(=O)c1ccccc1S[C@H](CC(=O)c1cccnc1)c1ccc(F)cc1. The summed E-state index contributed by atoms with van der Waals surface area (Å²) < 4.78 is 18.2. The van der Waals surface area contributed by atoms with E-state index in [1.807, 2.05) is 12.1 Å². The van der Waals surface area contributed by atoms with Crippen LogP contribution in [0.1, 0.15) is 38.0 Å². The Bertz CT molecular complexity index is 961. The van der Waals surface area contributed by atoms with Crippen LogP contribution in [0.2, 0.25) is 0 Å². The van der Waals surface area contributed by atoms with Crippen LogP contribution in [-0.4, -0.2) is 23.8 Å². The third-order valence-corrected chi connectivity index (χ3v) is 5.49. The van der Waals surface area contributed by atoms with Crippen molar-refractivity contribution >= 4 is 23.5 Å². The Labute approximate surface area is 166 Å². The molecule has 142 valence electrons. The van der Waals surface area contributed by atoms with Crippen LogP contribution in [0.4, 0.5) is 4.39 Å². The summed E-state index contributed by atoms with van der Waals surface area (Å²) in [6.45, 7) is 0. The number of nitrogens with zero attached hydrogens (tertiary/aromatic N) is 1. The van der Waals surface area contributed by atoms with Crippen LogP contribution in [-0.2, 0) is 4.74 Å². The number of carbonyl (C=O) groups excluding carboxylic acids is 2. The molecule has 0 bridgehead atoms. The van der Waals surface area contributed by atoms with Gasteiger partial charge in [-0.15, -0.1) is 11.8 Å². The lowest BCUT2D eigenvalue weighted by Crippen LogP contribution is -2.08. The summed E-state index contributed by atoms with van der Waals surface area (Å²) in [7, 11) is 1.33. The number of pyridine rings is 1. The van der Waals surface area contributed by atoms with E-state index in [-0.39, 0.29) is 23.3 Å². The molecule has 2 aromatic carbocycles. The first-order chi connectivity index (χ1) is 13.6. The van der Waals surface area contributed by atoms with Crippen molar-refractivity contribution in [1.82, 2.24) is 4.98 Å². The molecule has 28 heavy (non-hydrogen) atoms. The molecule has 0 N–H and O–H groups in total. The Morgan fingerprint density at radius 2 is 1.82 bits per heavy atom. The van der Waals surface area contributed by atoms with Crippen LogP contribution in [0, 0.1) is 5.82 Å². The standard InChI is InChI=1S/C22H18FNO3S/c1-27-22(26)18-6-2-3-7-20(18)28-21(15-8-10-17(23)11-9-15)13-19(25)16-5-4-12-24-14-16/h2-12,14,21H,13H2,1H3/t21-/m1/s1. The number of methoxy groups -OCH3 is 1. The molecule has 0 saturated heterocycles. The largest absolute Gasteiger partial charge is 0.465 e. The van der Waals surface area contributed by atoms with Crippen LogP contribution in [0.3, 0.4) is 0 Å². The van der Waals surface area contributed by atoms with Crippen molar-refractivity contribution in [2.45, 2.75) is 16.6 Å². The molecule has 0 aliphatic rings. The summed E-state index contributed by atoms with van der Waals surface area (Å²) in [5.74, 6) is -0.869. The molecule has 6 heteroatoms. The van der Waals surface area contributed by atoms with Gasteiger partial charge in [0, 0.05) is 34.5 Å². The average molecular weight is 395 g/mol. The minimum Gasteiger partial charge on any atom is -0.465 e. The number of benzene rings is 2. The van der Waals surface area contributed by atoms with Gasteiger partial charge in [-0.3, -0.25) is 9.78 Å². The van der Waals surface area contributed by atoms with Gasteiger partial charge >= 0.3 is 5.97 Å². The molecule has 0 radical (unpaired) electrons. The molecule has 1 aromatic heterocycles. The molecule has 3 rings (SSSR count). The van der Waals surface area contributed by atoms with E-state index in [2.05, 4.69) is 4.98 Å². The lowest BCUT2D eigenvalue weighted by molar-refractivity contribution is 0.0596. The number of hydrogen-bond donors (Lipinski definition) is 0. The summed E-state index contributed by atoms with van der Waals surface area (Å²) in [5.41, 5.74) is 1.73.